The van der Waals surface area contributed by atoms with Crippen molar-refractivity contribution >= 4 is 52.5 Å². The lowest BCUT2D eigenvalue weighted by atomic mass is 9.86. The molecule has 1 unspecified atom stereocenters. The van der Waals surface area contributed by atoms with E-state index in [9.17, 15) is 18.0 Å². The SMILES string of the molecule is COc1ccc2c(c1)C(OC(=O)N1CCN(C3CCN(C)CC3)CC1)(c1ccccc1OC)C(=O)N2S(=O)(=O)c1ccccc1C.Cl.Cl. The molecule has 2 saturated heterocycles. The van der Waals surface area contributed by atoms with Crippen molar-refractivity contribution in [1.29, 1.82) is 0 Å². The molecule has 0 radical (unpaired) electrons. The molecule has 3 aromatic rings. The van der Waals surface area contributed by atoms with Gasteiger partial charge in [-0.05, 0) is 75.8 Å². The van der Waals surface area contributed by atoms with Crippen molar-refractivity contribution in [3.8, 4) is 11.5 Å². The fraction of sp³-hybridized carbons (Fsp3) is 0.412. The molecule has 3 heterocycles. The van der Waals surface area contributed by atoms with Gasteiger partial charge in [0.05, 0.1) is 30.4 Å². The Kier molecular flexibility index (Phi) is 11.6. The van der Waals surface area contributed by atoms with Crippen molar-refractivity contribution in [3.63, 3.8) is 0 Å². The fourth-order valence-electron chi connectivity index (χ4n) is 6.83. The normalized spacial score (nSPS) is 20.4. The van der Waals surface area contributed by atoms with Gasteiger partial charge < -0.3 is 24.0 Å². The summed E-state index contributed by atoms with van der Waals surface area (Å²) in [5, 5.41) is 0. The Morgan fingerprint density at radius 2 is 1.48 bits per heavy atom. The van der Waals surface area contributed by atoms with Gasteiger partial charge in [0.1, 0.15) is 11.5 Å². The van der Waals surface area contributed by atoms with Gasteiger partial charge in [0, 0.05) is 37.8 Å². The first-order valence-electron chi connectivity index (χ1n) is 15.5. The van der Waals surface area contributed by atoms with E-state index in [1.165, 1.54) is 26.4 Å². The highest BCUT2D eigenvalue weighted by Crippen LogP contribution is 2.52. The number of hydrogen-bond donors (Lipinski definition) is 0. The Bertz CT molecular complexity index is 1740. The second kappa shape index (κ2) is 14.9. The van der Waals surface area contributed by atoms with Gasteiger partial charge in [0.25, 0.3) is 15.9 Å². The highest BCUT2D eigenvalue weighted by molar-refractivity contribution is 7.93. The Hall–Kier alpha value is -3.55. The minimum absolute atomic E-state index is 0. The van der Waals surface area contributed by atoms with Crippen LogP contribution in [0.15, 0.2) is 71.6 Å². The lowest BCUT2D eigenvalue weighted by molar-refractivity contribution is -0.132. The number of anilines is 1. The van der Waals surface area contributed by atoms with Crippen LogP contribution >= 0.6 is 24.8 Å². The maximum atomic E-state index is 14.9. The van der Waals surface area contributed by atoms with Crippen LogP contribution in [-0.4, -0.2) is 102 Å². The van der Waals surface area contributed by atoms with Crippen LogP contribution in [0.2, 0.25) is 0 Å². The molecule has 2 fully saturated rings. The number of benzene rings is 3. The molecule has 0 saturated carbocycles. The molecule has 260 valence electrons. The van der Waals surface area contributed by atoms with Crippen LogP contribution in [0, 0.1) is 6.92 Å². The summed E-state index contributed by atoms with van der Waals surface area (Å²) in [7, 11) is 0.607. The minimum atomic E-state index is -4.45. The summed E-state index contributed by atoms with van der Waals surface area (Å²) in [6, 6.07) is 18.3. The van der Waals surface area contributed by atoms with Crippen LogP contribution in [0.25, 0.3) is 0 Å². The zero-order valence-electron chi connectivity index (χ0n) is 27.5. The summed E-state index contributed by atoms with van der Waals surface area (Å²) in [5.74, 6) is -0.315. The molecule has 14 heteroatoms. The van der Waals surface area contributed by atoms with Crippen molar-refractivity contribution < 1.29 is 32.2 Å². The summed E-state index contributed by atoms with van der Waals surface area (Å²) in [6.45, 7) is 5.94. The second-order valence-electron chi connectivity index (χ2n) is 12.0. The summed E-state index contributed by atoms with van der Waals surface area (Å²) >= 11 is 0. The first kappa shape index (κ1) is 37.3. The number of methoxy groups -OCH3 is 2. The van der Waals surface area contributed by atoms with Crippen molar-refractivity contribution in [2.24, 2.45) is 0 Å². The minimum Gasteiger partial charge on any atom is -0.497 e. The number of carbonyl (C=O) groups is 2. The fourth-order valence-corrected chi connectivity index (χ4v) is 8.51. The predicted octanol–water partition coefficient (Wildman–Crippen LogP) is 4.68. The van der Waals surface area contributed by atoms with Gasteiger partial charge in [0.2, 0.25) is 5.60 Å². The largest absolute Gasteiger partial charge is 0.497 e. The van der Waals surface area contributed by atoms with Crippen LogP contribution in [0.5, 0.6) is 11.5 Å². The van der Waals surface area contributed by atoms with Gasteiger partial charge in [-0.2, -0.15) is 4.31 Å². The van der Waals surface area contributed by atoms with Crippen LogP contribution in [-0.2, 0) is 25.2 Å². The number of carbonyl (C=O) groups excluding carboxylic acids is 2. The van der Waals surface area contributed by atoms with Gasteiger partial charge in [-0.15, -0.1) is 24.8 Å². The average Bonchev–Trinajstić information content (AvgIpc) is 3.32. The van der Waals surface area contributed by atoms with Gasteiger partial charge in [-0.3, -0.25) is 9.69 Å². The number of amides is 2. The van der Waals surface area contributed by atoms with E-state index in [2.05, 4.69) is 16.8 Å². The van der Waals surface area contributed by atoms with E-state index in [0.717, 1.165) is 30.2 Å². The van der Waals surface area contributed by atoms with Gasteiger partial charge in [-0.1, -0.05) is 36.4 Å². The molecular formula is C34H42Cl2N4O7S. The standard InChI is InChI=1S/C34H40N4O7S.2ClH/c1-24-9-5-8-12-31(24)46(41,42)38-29-14-13-26(43-3)23-28(29)34(32(38)39,27-10-6-7-11-30(27)44-4)45-33(40)37-21-19-36(20-22-37)25-15-17-35(2)18-16-25;;/h5-14,23,25H,15-22H2,1-4H3;2*1H. The van der Waals surface area contributed by atoms with E-state index in [-0.39, 0.29) is 52.3 Å². The monoisotopic (exact) mass is 720 g/mol. The molecule has 3 aliphatic rings. The van der Waals surface area contributed by atoms with E-state index in [1.54, 1.807) is 66.4 Å². The summed E-state index contributed by atoms with van der Waals surface area (Å²) in [5.41, 5.74) is -1.27. The molecule has 3 aliphatic heterocycles. The molecule has 48 heavy (non-hydrogen) atoms. The van der Waals surface area contributed by atoms with E-state index < -0.39 is 27.6 Å². The molecule has 1 atom stereocenters. The number of nitrogens with zero attached hydrogens (tertiary/aromatic N) is 4. The highest BCUT2D eigenvalue weighted by Gasteiger charge is 2.61. The molecule has 11 nitrogen and oxygen atoms in total. The van der Waals surface area contributed by atoms with Crippen LogP contribution in [0.3, 0.4) is 0 Å². The number of ether oxygens (including phenoxy) is 3. The third-order valence-electron chi connectivity index (χ3n) is 9.40. The van der Waals surface area contributed by atoms with Crippen molar-refractivity contribution in [2.75, 3.05) is 64.8 Å². The number of aryl methyl sites for hydroxylation is 1. The highest BCUT2D eigenvalue weighted by atomic mass is 35.5. The maximum Gasteiger partial charge on any atom is 0.411 e. The number of hydrogen-bond acceptors (Lipinski definition) is 9. The zero-order valence-corrected chi connectivity index (χ0v) is 29.9. The molecule has 2 amide bonds. The molecule has 6 rings (SSSR count). The quantitative estimate of drug-likeness (QED) is 0.344. The average molecular weight is 722 g/mol. The molecule has 0 spiro atoms. The predicted molar refractivity (Wildman–Crippen MR) is 187 cm³/mol. The molecule has 0 aromatic heterocycles. The maximum absolute atomic E-state index is 14.9. The summed E-state index contributed by atoms with van der Waals surface area (Å²) in [4.78, 5) is 35.4. The number of para-hydroxylation sites is 1. The lowest BCUT2D eigenvalue weighted by Gasteiger charge is -2.42. The van der Waals surface area contributed by atoms with E-state index >= 15 is 0 Å². The second-order valence-corrected chi connectivity index (χ2v) is 13.8. The smallest absolute Gasteiger partial charge is 0.411 e. The molecule has 0 N–H and O–H groups in total. The van der Waals surface area contributed by atoms with Gasteiger partial charge >= 0.3 is 6.09 Å². The first-order valence-corrected chi connectivity index (χ1v) is 16.9. The summed E-state index contributed by atoms with van der Waals surface area (Å²) < 4.78 is 47.0. The zero-order chi connectivity index (χ0) is 32.6. The number of piperidine rings is 1. The van der Waals surface area contributed by atoms with Gasteiger partial charge in [-0.25, -0.2) is 13.2 Å². The lowest BCUT2D eigenvalue weighted by Crippen LogP contribution is -2.55. The number of likely N-dealkylation sites (tertiary alicyclic amines) is 1. The van der Waals surface area contributed by atoms with Crippen molar-refractivity contribution in [2.45, 2.75) is 36.3 Å². The first-order chi connectivity index (χ1) is 22.1. The number of piperazine rings is 1. The van der Waals surface area contributed by atoms with Crippen molar-refractivity contribution in [3.05, 3.63) is 83.4 Å². The van der Waals surface area contributed by atoms with Crippen LogP contribution in [0.4, 0.5) is 10.5 Å². The van der Waals surface area contributed by atoms with E-state index in [4.69, 9.17) is 14.2 Å². The number of halogens is 2. The number of sulfonamides is 1. The van der Waals surface area contributed by atoms with E-state index in [0.29, 0.717) is 43.5 Å². The van der Waals surface area contributed by atoms with E-state index in [1.807, 2.05) is 0 Å². The Labute approximate surface area is 294 Å². The third kappa shape index (κ3) is 6.44. The molecule has 0 aliphatic carbocycles. The molecular weight excluding hydrogens is 679 g/mol. The summed E-state index contributed by atoms with van der Waals surface area (Å²) in [6.07, 6.45) is 1.44. The number of rotatable bonds is 7. The van der Waals surface area contributed by atoms with Gasteiger partial charge in [0.15, 0.2) is 0 Å². The van der Waals surface area contributed by atoms with Crippen LogP contribution in [0.1, 0.15) is 29.5 Å². The Balaban J connectivity index is 0.00000260. The van der Waals surface area contributed by atoms with Crippen LogP contribution < -0.4 is 13.8 Å². The Morgan fingerprint density at radius 3 is 2.12 bits per heavy atom. The topological polar surface area (TPSA) is 109 Å². The molecule has 3 aromatic carbocycles. The third-order valence-corrected chi connectivity index (χ3v) is 11.3. The Morgan fingerprint density at radius 1 is 0.833 bits per heavy atom. The van der Waals surface area contributed by atoms with Crippen molar-refractivity contribution in [1.82, 2.24) is 14.7 Å². The molecule has 0 bridgehead atoms. The number of fused-ring (bicyclic) bond motifs is 1.